The van der Waals surface area contributed by atoms with Gasteiger partial charge in [-0.3, -0.25) is 9.69 Å². The molecule has 0 heterocycles. The number of alkyl halides is 2. The summed E-state index contributed by atoms with van der Waals surface area (Å²) in [6, 6.07) is -2.70. The molecule has 7 nitrogen and oxygen atoms in total. The lowest BCUT2D eigenvalue weighted by Crippen LogP contribution is -2.54. The van der Waals surface area contributed by atoms with Crippen LogP contribution in [0.3, 0.4) is 0 Å². The van der Waals surface area contributed by atoms with Crippen LogP contribution in [0.2, 0.25) is 0 Å². The number of hydrogen-bond acceptors (Lipinski definition) is 4. The second-order valence-corrected chi connectivity index (χ2v) is 7.67. The number of rotatable bonds is 8. The van der Waals surface area contributed by atoms with Crippen LogP contribution in [0, 0.1) is 5.92 Å². The molecule has 0 fully saturated rings. The molecule has 0 aliphatic rings. The third-order valence-corrected chi connectivity index (χ3v) is 3.63. The van der Waals surface area contributed by atoms with E-state index < -0.39 is 48.5 Å². The smallest absolute Gasteiger partial charge is 0.410 e. The van der Waals surface area contributed by atoms with Crippen molar-refractivity contribution in [3.63, 3.8) is 0 Å². The number of hydrogen-bond donors (Lipinski definition) is 1. The highest BCUT2D eigenvalue weighted by atomic mass is 19.3. The van der Waals surface area contributed by atoms with Gasteiger partial charge in [-0.15, -0.1) is 0 Å². The fraction of sp³-hybridized carbons (Fsp3) is 0.824. The minimum absolute atomic E-state index is 0.000568. The zero-order valence-corrected chi connectivity index (χ0v) is 16.5. The molecule has 9 heteroatoms. The fourth-order valence-electron chi connectivity index (χ4n) is 2.31. The molecular weight excluding hydrogens is 350 g/mol. The summed E-state index contributed by atoms with van der Waals surface area (Å²) in [4.78, 5) is 38.2. The molecule has 0 aromatic carbocycles. The maximum Gasteiger partial charge on any atom is 0.410 e. The highest BCUT2D eigenvalue weighted by molar-refractivity contribution is 5.89. The number of halogens is 2. The number of carbonyl (C=O) groups is 3. The van der Waals surface area contributed by atoms with Crippen molar-refractivity contribution in [1.82, 2.24) is 9.80 Å². The number of ether oxygens (including phenoxy) is 1. The van der Waals surface area contributed by atoms with E-state index >= 15 is 0 Å². The largest absolute Gasteiger partial charge is 0.480 e. The van der Waals surface area contributed by atoms with E-state index in [1.54, 1.807) is 20.8 Å². The van der Waals surface area contributed by atoms with Gasteiger partial charge in [0.15, 0.2) is 0 Å². The molecule has 0 bridgehead atoms. The summed E-state index contributed by atoms with van der Waals surface area (Å²) in [5, 5.41) is 9.17. The maximum absolute atomic E-state index is 12.8. The second-order valence-electron chi connectivity index (χ2n) is 7.67. The first kappa shape index (κ1) is 24.1. The molecule has 152 valence electrons. The molecule has 2 atom stereocenters. The van der Waals surface area contributed by atoms with E-state index in [2.05, 4.69) is 0 Å². The molecule has 0 radical (unpaired) electrons. The van der Waals surface area contributed by atoms with Crippen LogP contribution in [-0.4, -0.2) is 71.1 Å². The molecule has 1 N–H and O–H groups in total. The lowest BCUT2D eigenvalue weighted by atomic mass is 10.0. The van der Waals surface area contributed by atoms with Gasteiger partial charge in [-0.05, 0) is 33.1 Å². The average Bonchev–Trinajstić information content (AvgIpc) is 2.45. The van der Waals surface area contributed by atoms with Crippen LogP contribution < -0.4 is 0 Å². The molecule has 0 aliphatic carbocycles. The van der Waals surface area contributed by atoms with Crippen LogP contribution in [0.15, 0.2) is 0 Å². The molecule has 0 spiro atoms. The summed E-state index contributed by atoms with van der Waals surface area (Å²) in [7, 11) is 2.52. The predicted octanol–water partition coefficient (Wildman–Crippen LogP) is 2.83. The van der Waals surface area contributed by atoms with E-state index in [9.17, 15) is 28.3 Å². The van der Waals surface area contributed by atoms with Gasteiger partial charge >= 0.3 is 12.1 Å². The van der Waals surface area contributed by atoms with Crippen molar-refractivity contribution in [2.24, 2.45) is 5.92 Å². The molecule has 26 heavy (non-hydrogen) atoms. The van der Waals surface area contributed by atoms with Crippen LogP contribution in [-0.2, 0) is 14.3 Å². The highest BCUT2D eigenvalue weighted by Crippen LogP contribution is 2.19. The summed E-state index contributed by atoms with van der Waals surface area (Å²) in [5.74, 6) is -2.25. The monoisotopic (exact) mass is 380 g/mol. The van der Waals surface area contributed by atoms with Crippen LogP contribution in [0.5, 0.6) is 0 Å². The van der Waals surface area contributed by atoms with Crippen molar-refractivity contribution in [2.45, 2.75) is 71.6 Å². The van der Waals surface area contributed by atoms with Gasteiger partial charge in [0.1, 0.15) is 17.7 Å². The summed E-state index contributed by atoms with van der Waals surface area (Å²) in [6.45, 7) is 8.68. The van der Waals surface area contributed by atoms with Gasteiger partial charge in [-0.25, -0.2) is 18.4 Å². The van der Waals surface area contributed by atoms with Gasteiger partial charge in [0.25, 0.3) is 0 Å². The van der Waals surface area contributed by atoms with E-state index in [0.717, 1.165) is 16.8 Å². The molecule has 2 amide bonds. The Morgan fingerprint density at radius 1 is 1.00 bits per heavy atom. The van der Waals surface area contributed by atoms with Crippen LogP contribution in [0.25, 0.3) is 0 Å². The Kier molecular flexibility index (Phi) is 8.96. The minimum Gasteiger partial charge on any atom is -0.480 e. The molecule has 0 unspecified atom stereocenters. The molecule has 0 rings (SSSR count). The number of amides is 2. The Bertz CT molecular complexity index is 506. The molecule has 0 aromatic heterocycles. The molecular formula is C17H30F2N2O5. The van der Waals surface area contributed by atoms with Gasteiger partial charge in [0.05, 0.1) is 0 Å². The number of carboxylic acids is 1. The predicted molar refractivity (Wildman–Crippen MR) is 92.1 cm³/mol. The number of carboxylic acid groups (broad SMARTS) is 1. The van der Waals surface area contributed by atoms with Crippen molar-refractivity contribution in [3.8, 4) is 0 Å². The lowest BCUT2D eigenvalue weighted by Gasteiger charge is -2.35. The highest BCUT2D eigenvalue weighted by Gasteiger charge is 2.37. The Morgan fingerprint density at radius 2 is 1.50 bits per heavy atom. The summed E-state index contributed by atoms with van der Waals surface area (Å²) >= 11 is 0. The Hall–Kier alpha value is -1.93. The van der Waals surface area contributed by atoms with Crippen molar-refractivity contribution in [1.29, 1.82) is 0 Å². The van der Waals surface area contributed by atoms with Crippen LogP contribution >= 0.6 is 0 Å². The molecule has 0 aromatic rings. The first-order valence-corrected chi connectivity index (χ1v) is 8.40. The van der Waals surface area contributed by atoms with Crippen molar-refractivity contribution < 1.29 is 33.0 Å². The van der Waals surface area contributed by atoms with E-state index in [0.29, 0.717) is 0 Å². The normalized spacial score (nSPS) is 14.1. The number of likely N-dealkylation sites (N-methyl/N-ethyl adjacent to an activating group) is 2. The zero-order chi connectivity index (χ0) is 20.8. The van der Waals surface area contributed by atoms with Gasteiger partial charge in [-0.1, -0.05) is 13.8 Å². The number of aliphatic carboxylic acids is 1. The van der Waals surface area contributed by atoms with Gasteiger partial charge < -0.3 is 14.7 Å². The minimum atomic E-state index is -2.88. The Labute approximate surface area is 153 Å². The molecule has 0 aliphatic heterocycles. The van der Waals surface area contributed by atoms with Crippen LogP contribution in [0.4, 0.5) is 13.6 Å². The Balaban J connectivity index is 5.53. The standard InChI is InChI=1S/C17H30F2N2O5/c1-10(2)8-11(21(7)16(25)26-17(3,4)5)14(22)20(6)12(15(23)24)9-13(18)19/h10-13H,8-9H2,1-7H3,(H,23,24)/t11-,12+/m0/s1. The summed E-state index contributed by atoms with van der Waals surface area (Å²) < 4.78 is 30.6. The van der Waals surface area contributed by atoms with E-state index in [-0.39, 0.29) is 12.3 Å². The van der Waals surface area contributed by atoms with E-state index in [4.69, 9.17) is 4.74 Å². The van der Waals surface area contributed by atoms with Gasteiger partial charge in [0.2, 0.25) is 12.3 Å². The second kappa shape index (κ2) is 9.68. The van der Waals surface area contributed by atoms with E-state index in [1.807, 2.05) is 13.8 Å². The first-order valence-electron chi connectivity index (χ1n) is 8.40. The SMILES string of the molecule is CC(C)C[C@@H](C(=O)N(C)[C@H](CC(F)F)C(=O)O)N(C)C(=O)OC(C)(C)C. The number of nitrogens with zero attached hydrogens (tertiary/aromatic N) is 2. The third kappa shape index (κ3) is 7.97. The van der Waals surface area contributed by atoms with Gasteiger partial charge in [-0.2, -0.15) is 0 Å². The quantitative estimate of drug-likeness (QED) is 0.700. The summed E-state index contributed by atoms with van der Waals surface area (Å²) in [5.41, 5.74) is -0.776. The average molecular weight is 380 g/mol. The summed E-state index contributed by atoms with van der Waals surface area (Å²) in [6.07, 6.45) is -4.37. The zero-order valence-electron chi connectivity index (χ0n) is 16.5. The van der Waals surface area contributed by atoms with Gasteiger partial charge in [0, 0.05) is 20.5 Å². The third-order valence-electron chi connectivity index (χ3n) is 3.63. The number of carbonyl (C=O) groups excluding carboxylic acids is 2. The maximum atomic E-state index is 12.8. The van der Waals surface area contributed by atoms with Crippen molar-refractivity contribution in [2.75, 3.05) is 14.1 Å². The topological polar surface area (TPSA) is 87.2 Å². The molecule has 0 saturated carbocycles. The Morgan fingerprint density at radius 3 is 1.85 bits per heavy atom. The van der Waals surface area contributed by atoms with Crippen LogP contribution in [0.1, 0.15) is 47.5 Å². The fourth-order valence-corrected chi connectivity index (χ4v) is 2.31. The van der Waals surface area contributed by atoms with Crippen molar-refractivity contribution >= 4 is 18.0 Å². The first-order chi connectivity index (χ1) is 11.7. The lowest BCUT2D eigenvalue weighted by molar-refractivity contribution is -0.152. The van der Waals surface area contributed by atoms with Crippen molar-refractivity contribution in [3.05, 3.63) is 0 Å². The molecule has 0 saturated heterocycles. The van der Waals surface area contributed by atoms with E-state index in [1.165, 1.54) is 7.05 Å².